The molecule has 0 saturated heterocycles. The van der Waals surface area contributed by atoms with E-state index < -0.39 is 6.04 Å². The van der Waals surface area contributed by atoms with Crippen LogP contribution in [0.1, 0.15) is 17.6 Å². The zero-order valence-corrected chi connectivity index (χ0v) is 11.5. The predicted octanol–water partition coefficient (Wildman–Crippen LogP) is 1.13. The third-order valence-electron chi connectivity index (χ3n) is 2.50. The van der Waals surface area contributed by atoms with Gasteiger partial charge in [0.2, 0.25) is 0 Å². The van der Waals surface area contributed by atoms with Gasteiger partial charge in [-0.1, -0.05) is 0 Å². The van der Waals surface area contributed by atoms with E-state index in [2.05, 4.69) is 31.0 Å². The monoisotopic (exact) mass is 311 g/mol. The number of nitrogens with two attached hydrogens (primary N) is 1. The smallest absolute Gasteiger partial charge is 0.151 e. The fourth-order valence-electron chi connectivity index (χ4n) is 1.63. The molecule has 1 unspecified atom stereocenters. The molecule has 7 heteroatoms. The van der Waals surface area contributed by atoms with Crippen molar-refractivity contribution in [1.29, 1.82) is 0 Å². The van der Waals surface area contributed by atoms with Gasteiger partial charge < -0.3 is 10.5 Å². The standard InChI is InChI=1S/C11H14BrN5O/c1-18-6-5-17-10(8(12)7-16-17)9(13)11-14-3-2-4-15-11/h2-4,7,9H,5-6,13H2,1H3. The van der Waals surface area contributed by atoms with E-state index in [1.807, 2.05) is 0 Å². The Labute approximate surface area is 113 Å². The minimum atomic E-state index is -0.417. The molecule has 0 aliphatic heterocycles. The van der Waals surface area contributed by atoms with Gasteiger partial charge in [-0.05, 0) is 22.0 Å². The Bertz CT molecular complexity index is 501. The Morgan fingerprint density at radius 3 is 2.83 bits per heavy atom. The van der Waals surface area contributed by atoms with Crippen molar-refractivity contribution >= 4 is 15.9 Å². The Hall–Kier alpha value is -1.31. The Morgan fingerprint density at radius 2 is 2.17 bits per heavy atom. The minimum absolute atomic E-state index is 0.417. The lowest BCUT2D eigenvalue weighted by Crippen LogP contribution is -2.21. The Kier molecular flexibility index (Phi) is 4.40. The van der Waals surface area contributed by atoms with Crippen molar-refractivity contribution in [3.8, 4) is 0 Å². The van der Waals surface area contributed by atoms with Gasteiger partial charge in [0.05, 0.1) is 29.5 Å². The van der Waals surface area contributed by atoms with Crippen molar-refractivity contribution in [2.75, 3.05) is 13.7 Å². The number of nitrogens with zero attached hydrogens (tertiary/aromatic N) is 4. The van der Waals surface area contributed by atoms with Crippen molar-refractivity contribution in [3.05, 3.63) is 40.6 Å². The number of ether oxygens (including phenoxy) is 1. The first-order chi connectivity index (χ1) is 8.74. The lowest BCUT2D eigenvalue weighted by Gasteiger charge is -2.13. The van der Waals surface area contributed by atoms with E-state index in [1.165, 1.54) is 0 Å². The fraction of sp³-hybridized carbons (Fsp3) is 0.364. The summed E-state index contributed by atoms with van der Waals surface area (Å²) in [5, 5.41) is 4.25. The van der Waals surface area contributed by atoms with Gasteiger partial charge in [-0.3, -0.25) is 4.68 Å². The van der Waals surface area contributed by atoms with Crippen LogP contribution in [0.4, 0.5) is 0 Å². The van der Waals surface area contributed by atoms with Crippen LogP contribution in [0.25, 0.3) is 0 Å². The second kappa shape index (κ2) is 6.03. The molecule has 2 heterocycles. The van der Waals surface area contributed by atoms with Crippen LogP contribution in [0.2, 0.25) is 0 Å². The fourth-order valence-corrected chi connectivity index (χ4v) is 2.17. The number of methoxy groups -OCH3 is 1. The number of rotatable bonds is 5. The van der Waals surface area contributed by atoms with Gasteiger partial charge in [0, 0.05) is 19.5 Å². The van der Waals surface area contributed by atoms with Crippen molar-refractivity contribution in [2.45, 2.75) is 12.6 Å². The normalized spacial score (nSPS) is 12.6. The first kappa shape index (κ1) is 13.1. The van der Waals surface area contributed by atoms with Gasteiger partial charge in [0.15, 0.2) is 5.82 Å². The quantitative estimate of drug-likeness (QED) is 0.895. The van der Waals surface area contributed by atoms with Crippen LogP contribution in [-0.4, -0.2) is 33.5 Å². The van der Waals surface area contributed by atoms with Gasteiger partial charge in [-0.25, -0.2) is 9.97 Å². The first-order valence-corrected chi connectivity index (χ1v) is 6.26. The summed E-state index contributed by atoms with van der Waals surface area (Å²) >= 11 is 3.45. The number of hydrogen-bond acceptors (Lipinski definition) is 5. The van der Waals surface area contributed by atoms with E-state index in [0.717, 1.165) is 10.2 Å². The highest BCUT2D eigenvalue weighted by atomic mass is 79.9. The molecular weight excluding hydrogens is 298 g/mol. The number of hydrogen-bond donors (Lipinski definition) is 1. The Morgan fingerprint density at radius 1 is 1.44 bits per heavy atom. The molecule has 0 aliphatic rings. The van der Waals surface area contributed by atoms with E-state index in [9.17, 15) is 0 Å². The Balaban J connectivity index is 2.29. The van der Waals surface area contributed by atoms with Gasteiger partial charge >= 0.3 is 0 Å². The summed E-state index contributed by atoms with van der Waals surface area (Å²) in [5.74, 6) is 0.567. The van der Waals surface area contributed by atoms with Gasteiger partial charge in [0.25, 0.3) is 0 Å². The first-order valence-electron chi connectivity index (χ1n) is 5.46. The predicted molar refractivity (Wildman–Crippen MR) is 69.9 cm³/mol. The van der Waals surface area contributed by atoms with Gasteiger partial charge in [-0.2, -0.15) is 5.10 Å². The van der Waals surface area contributed by atoms with Gasteiger partial charge in [0.1, 0.15) is 6.04 Å². The van der Waals surface area contributed by atoms with Crippen LogP contribution < -0.4 is 5.73 Å². The van der Waals surface area contributed by atoms with Crippen LogP contribution in [0, 0.1) is 0 Å². The van der Waals surface area contributed by atoms with Crippen LogP contribution >= 0.6 is 15.9 Å². The summed E-state index contributed by atoms with van der Waals surface area (Å²) in [6, 6.07) is 1.34. The average Bonchev–Trinajstić information content (AvgIpc) is 2.77. The van der Waals surface area contributed by atoms with Crippen molar-refractivity contribution in [1.82, 2.24) is 19.7 Å². The number of halogens is 1. The molecule has 18 heavy (non-hydrogen) atoms. The maximum absolute atomic E-state index is 6.18. The highest BCUT2D eigenvalue weighted by Crippen LogP contribution is 2.24. The summed E-state index contributed by atoms with van der Waals surface area (Å²) in [4.78, 5) is 8.34. The van der Waals surface area contributed by atoms with Crippen molar-refractivity contribution < 1.29 is 4.74 Å². The molecule has 2 rings (SSSR count). The van der Waals surface area contributed by atoms with Crippen molar-refractivity contribution in [2.24, 2.45) is 5.73 Å². The molecule has 0 aliphatic carbocycles. The van der Waals surface area contributed by atoms with E-state index in [4.69, 9.17) is 10.5 Å². The summed E-state index contributed by atoms with van der Waals surface area (Å²) < 4.78 is 7.69. The number of aromatic nitrogens is 4. The average molecular weight is 312 g/mol. The second-order valence-corrected chi connectivity index (χ2v) is 4.53. The highest BCUT2D eigenvalue weighted by Gasteiger charge is 2.20. The largest absolute Gasteiger partial charge is 0.383 e. The van der Waals surface area contributed by atoms with Crippen molar-refractivity contribution in [3.63, 3.8) is 0 Å². The molecular formula is C11H14BrN5O. The maximum Gasteiger partial charge on any atom is 0.151 e. The zero-order chi connectivity index (χ0) is 13.0. The van der Waals surface area contributed by atoms with Gasteiger partial charge in [-0.15, -0.1) is 0 Å². The van der Waals surface area contributed by atoms with E-state index >= 15 is 0 Å². The molecule has 96 valence electrons. The third kappa shape index (κ3) is 2.74. The molecule has 2 aromatic heterocycles. The SMILES string of the molecule is COCCn1ncc(Br)c1C(N)c1ncccn1. The summed E-state index contributed by atoms with van der Waals surface area (Å²) in [5.41, 5.74) is 7.02. The molecule has 6 nitrogen and oxygen atoms in total. The van der Waals surface area contributed by atoms with Crippen LogP contribution in [0.15, 0.2) is 29.1 Å². The lowest BCUT2D eigenvalue weighted by molar-refractivity contribution is 0.182. The van der Waals surface area contributed by atoms with E-state index in [1.54, 1.807) is 36.4 Å². The van der Waals surface area contributed by atoms with Crippen LogP contribution in [0.5, 0.6) is 0 Å². The molecule has 0 fully saturated rings. The molecule has 0 radical (unpaired) electrons. The summed E-state index contributed by atoms with van der Waals surface area (Å²) in [6.45, 7) is 1.21. The highest BCUT2D eigenvalue weighted by molar-refractivity contribution is 9.10. The molecule has 0 aromatic carbocycles. The van der Waals surface area contributed by atoms with Crippen LogP contribution in [-0.2, 0) is 11.3 Å². The van der Waals surface area contributed by atoms with Crippen LogP contribution in [0.3, 0.4) is 0 Å². The molecule has 0 saturated carbocycles. The molecule has 0 spiro atoms. The van der Waals surface area contributed by atoms with E-state index in [0.29, 0.717) is 19.0 Å². The summed E-state index contributed by atoms with van der Waals surface area (Å²) in [7, 11) is 1.65. The lowest BCUT2D eigenvalue weighted by atomic mass is 10.2. The van der Waals surface area contributed by atoms with E-state index in [-0.39, 0.29) is 0 Å². The minimum Gasteiger partial charge on any atom is -0.383 e. The maximum atomic E-state index is 6.18. The molecule has 2 N–H and O–H groups in total. The zero-order valence-electron chi connectivity index (χ0n) is 9.95. The molecule has 0 bridgehead atoms. The molecule has 1 atom stereocenters. The topological polar surface area (TPSA) is 78.9 Å². The second-order valence-electron chi connectivity index (χ2n) is 3.68. The molecule has 2 aromatic rings. The molecule has 0 amide bonds. The third-order valence-corrected chi connectivity index (χ3v) is 3.11. The summed E-state index contributed by atoms with van der Waals surface area (Å²) in [6.07, 6.45) is 5.06.